The van der Waals surface area contributed by atoms with Crippen molar-refractivity contribution in [1.82, 2.24) is 10.3 Å². The van der Waals surface area contributed by atoms with E-state index in [9.17, 15) is 9.59 Å². The third kappa shape index (κ3) is 4.85. The van der Waals surface area contributed by atoms with Crippen molar-refractivity contribution in [2.45, 2.75) is 26.8 Å². The van der Waals surface area contributed by atoms with Crippen LogP contribution in [0.1, 0.15) is 41.4 Å². The van der Waals surface area contributed by atoms with Crippen molar-refractivity contribution < 1.29 is 9.59 Å². The maximum atomic E-state index is 12.5. The first-order valence-electron chi connectivity index (χ1n) is 8.74. The van der Waals surface area contributed by atoms with Crippen LogP contribution < -0.4 is 10.6 Å². The molecule has 0 saturated heterocycles. The first-order chi connectivity index (χ1) is 13.3. The summed E-state index contributed by atoms with van der Waals surface area (Å²) in [5.41, 5.74) is 4.29. The minimum Gasteiger partial charge on any atom is -0.350 e. The number of nitrogens with zero attached hydrogens (tertiary/aromatic N) is 1. The predicted molar refractivity (Wildman–Crippen MR) is 117 cm³/mol. The Morgan fingerprint density at radius 2 is 1.86 bits per heavy atom. The number of hydrogen-bond acceptors (Lipinski definition) is 4. The molecule has 2 N–H and O–H groups in total. The Kier molecular flexibility index (Phi) is 6.26. The summed E-state index contributed by atoms with van der Waals surface area (Å²) < 4.78 is 0.939. The first-order valence-corrected chi connectivity index (χ1v) is 10.4. The van der Waals surface area contributed by atoms with Gasteiger partial charge in [0.05, 0.1) is 11.7 Å². The minimum absolute atomic E-state index is 0.0500. The van der Waals surface area contributed by atoms with E-state index in [0.29, 0.717) is 10.7 Å². The fraction of sp³-hybridized carbons (Fsp3) is 0.190. The Labute approximate surface area is 176 Å². The van der Waals surface area contributed by atoms with Crippen LogP contribution in [0.2, 0.25) is 0 Å². The smallest absolute Gasteiger partial charge is 0.257 e. The van der Waals surface area contributed by atoms with Gasteiger partial charge >= 0.3 is 0 Å². The Morgan fingerprint density at radius 1 is 1.14 bits per heavy atom. The van der Waals surface area contributed by atoms with E-state index in [1.807, 2.05) is 55.6 Å². The van der Waals surface area contributed by atoms with Gasteiger partial charge in [-0.3, -0.25) is 14.9 Å². The summed E-state index contributed by atoms with van der Waals surface area (Å²) in [5.74, 6) is -0.233. The van der Waals surface area contributed by atoms with Crippen molar-refractivity contribution in [2.24, 2.45) is 0 Å². The van der Waals surface area contributed by atoms with Gasteiger partial charge in [-0.15, -0.1) is 11.3 Å². The molecule has 1 unspecified atom stereocenters. The van der Waals surface area contributed by atoms with Crippen LogP contribution in [0.5, 0.6) is 0 Å². The van der Waals surface area contributed by atoms with Crippen LogP contribution in [0, 0.1) is 6.92 Å². The zero-order chi connectivity index (χ0) is 20.3. The van der Waals surface area contributed by atoms with Gasteiger partial charge < -0.3 is 5.32 Å². The summed E-state index contributed by atoms with van der Waals surface area (Å²) in [6, 6.07) is 13.4. The number of benzene rings is 2. The molecular formula is C21H20BrN3O2S. The Bertz CT molecular complexity index is 1010. The normalized spacial score (nSPS) is 11.7. The molecule has 0 spiro atoms. The second-order valence-corrected chi connectivity index (χ2v) is 8.27. The minimum atomic E-state index is -0.176. The van der Waals surface area contributed by atoms with E-state index in [-0.39, 0.29) is 17.9 Å². The molecule has 1 heterocycles. The van der Waals surface area contributed by atoms with E-state index in [1.54, 1.807) is 6.07 Å². The van der Waals surface area contributed by atoms with E-state index >= 15 is 0 Å². The molecule has 144 valence electrons. The number of anilines is 1. The summed E-state index contributed by atoms with van der Waals surface area (Å²) in [7, 11) is 0. The van der Waals surface area contributed by atoms with E-state index in [2.05, 4.69) is 31.5 Å². The molecular weight excluding hydrogens is 438 g/mol. The molecule has 0 saturated carbocycles. The molecule has 0 aliphatic rings. The molecule has 3 rings (SSSR count). The summed E-state index contributed by atoms with van der Waals surface area (Å²) in [4.78, 5) is 28.2. The van der Waals surface area contributed by atoms with E-state index in [0.717, 1.165) is 26.9 Å². The number of aromatic nitrogens is 1. The number of amides is 2. The van der Waals surface area contributed by atoms with Crippen molar-refractivity contribution in [1.29, 1.82) is 0 Å². The number of aryl methyl sites for hydroxylation is 1. The lowest BCUT2D eigenvalue weighted by molar-refractivity contribution is -0.119. The fourth-order valence-corrected chi connectivity index (χ4v) is 4.03. The van der Waals surface area contributed by atoms with Crippen LogP contribution in [-0.4, -0.2) is 16.8 Å². The highest BCUT2D eigenvalue weighted by Gasteiger charge is 2.13. The third-order valence-corrected chi connectivity index (χ3v) is 5.53. The van der Waals surface area contributed by atoms with Gasteiger partial charge in [0, 0.05) is 27.9 Å². The molecule has 2 aromatic carbocycles. The van der Waals surface area contributed by atoms with Gasteiger partial charge in [-0.25, -0.2) is 4.98 Å². The zero-order valence-electron chi connectivity index (χ0n) is 15.7. The summed E-state index contributed by atoms with van der Waals surface area (Å²) in [6.07, 6.45) is 0. The summed E-state index contributed by atoms with van der Waals surface area (Å²) in [5, 5.41) is 8.20. The predicted octanol–water partition coefficient (Wildman–Crippen LogP) is 5.33. The summed E-state index contributed by atoms with van der Waals surface area (Å²) >= 11 is 4.79. The van der Waals surface area contributed by atoms with Crippen LogP contribution in [-0.2, 0) is 4.79 Å². The Balaban J connectivity index is 1.71. The zero-order valence-corrected chi connectivity index (χ0v) is 18.1. The number of halogens is 1. The van der Waals surface area contributed by atoms with Crippen molar-refractivity contribution in [3.05, 3.63) is 69.0 Å². The molecule has 0 aliphatic heterocycles. The molecule has 28 heavy (non-hydrogen) atoms. The molecule has 0 fully saturated rings. The van der Waals surface area contributed by atoms with Crippen molar-refractivity contribution >= 4 is 44.2 Å². The molecule has 5 nitrogen and oxygen atoms in total. The highest BCUT2D eigenvalue weighted by Crippen LogP contribution is 2.27. The van der Waals surface area contributed by atoms with Crippen molar-refractivity contribution in [3.63, 3.8) is 0 Å². The number of nitrogens with one attached hydrogen (secondary N) is 2. The van der Waals surface area contributed by atoms with Gasteiger partial charge in [-0.1, -0.05) is 40.2 Å². The van der Waals surface area contributed by atoms with Crippen LogP contribution in [0.3, 0.4) is 0 Å². The topological polar surface area (TPSA) is 71.1 Å². The standard InChI is InChI=1S/C21H20BrN3O2S/c1-12-10-17(22)8-9-18(12)20(27)25-21-24-19(11-28-21)16-6-4-15(5-7-16)13(2)23-14(3)26/h4-11,13H,1-3H3,(H,23,26)(H,24,25,27). The van der Waals surface area contributed by atoms with Gasteiger partial charge in [0.25, 0.3) is 5.91 Å². The maximum Gasteiger partial charge on any atom is 0.257 e. The lowest BCUT2D eigenvalue weighted by Crippen LogP contribution is -2.23. The first kappa shape index (κ1) is 20.2. The lowest BCUT2D eigenvalue weighted by atomic mass is 10.1. The SMILES string of the molecule is CC(=O)NC(C)c1ccc(-c2csc(NC(=O)c3ccc(Br)cc3C)n2)cc1. The van der Waals surface area contributed by atoms with Gasteiger partial charge in [0.1, 0.15) is 0 Å². The number of rotatable bonds is 5. The molecule has 0 radical (unpaired) electrons. The fourth-order valence-electron chi connectivity index (χ4n) is 2.84. The Hall–Kier alpha value is -2.51. The maximum absolute atomic E-state index is 12.5. The molecule has 1 aromatic heterocycles. The highest BCUT2D eigenvalue weighted by atomic mass is 79.9. The second-order valence-electron chi connectivity index (χ2n) is 6.50. The third-order valence-electron chi connectivity index (χ3n) is 4.28. The number of hydrogen-bond donors (Lipinski definition) is 2. The van der Waals surface area contributed by atoms with Crippen molar-refractivity contribution in [2.75, 3.05) is 5.32 Å². The largest absolute Gasteiger partial charge is 0.350 e. The number of carbonyl (C=O) groups is 2. The van der Waals surface area contributed by atoms with Gasteiger partial charge in [-0.2, -0.15) is 0 Å². The number of thiazole rings is 1. The average Bonchev–Trinajstić information content (AvgIpc) is 3.09. The molecule has 7 heteroatoms. The van der Waals surface area contributed by atoms with Crippen LogP contribution in [0.15, 0.2) is 52.3 Å². The lowest BCUT2D eigenvalue weighted by Gasteiger charge is -2.13. The highest BCUT2D eigenvalue weighted by molar-refractivity contribution is 9.10. The van der Waals surface area contributed by atoms with Crippen LogP contribution in [0.4, 0.5) is 5.13 Å². The quantitative estimate of drug-likeness (QED) is 0.543. The van der Waals surface area contributed by atoms with E-state index in [1.165, 1.54) is 18.3 Å². The van der Waals surface area contributed by atoms with Crippen molar-refractivity contribution in [3.8, 4) is 11.3 Å². The van der Waals surface area contributed by atoms with Crippen LogP contribution in [0.25, 0.3) is 11.3 Å². The molecule has 2 amide bonds. The molecule has 3 aromatic rings. The van der Waals surface area contributed by atoms with E-state index < -0.39 is 0 Å². The second kappa shape index (κ2) is 8.67. The molecule has 0 bridgehead atoms. The van der Waals surface area contributed by atoms with Gasteiger partial charge in [0.2, 0.25) is 5.91 Å². The van der Waals surface area contributed by atoms with Gasteiger partial charge in [0.15, 0.2) is 5.13 Å². The summed E-state index contributed by atoms with van der Waals surface area (Å²) in [6.45, 7) is 5.35. The Morgan fingerprint density at radius 3 is 2.50 bits per heavy atom. The molecule has 0 aliphatic carbocycles. The van der Waals surface area contributed by atoms with E-state index in [4.69, 9.17) is 0 Å². The van der Waals surface area contributed by atoms with Crippen LogP contribution >= 0.6 is 27.3 Å². The average molecular weight is 458 g/mol. The monoisotopic (exact) mass is 457 g/mol. The van der Waals surface area contributed by atoms with Gasteiger partial charge in [-0.05, 0) is 43.2 Å². The number of carbonyl (C=O) groups excluding carboxylic acids is 2. The molecule has 1 atom stereocenters.